The lowest BCUT2D eigenvalue weighted by Gasteiger charge is -2.43. The fraction of sp³-hybridized carbons (Fsp3) is 0.375. The number of amides is 2. The van der Waals surface area contributed by atoms with Crippen LogP contribution in [0.25, 0.3) is 0 Å². The number of nitrogens with one attached hydrogen (secondary N) is 1. The Kier molecular flexibility index (Phi) is 3.80. The fourth-order valence-corrected chi connectivity index (χ4v) is 2.44. The van der Waals surface area contributed by atoms with Crippen LogP contribution in [0.2, 0.25) is 0 Å². The molecule has 2 atom stereocenters. The molecule has 4 nitrogen and oxygen atoms in total. The van der Waals surface area contributed by atoms with Gasteiger partial charge in [0.2, 0.25) is 11.8 Å². The Morgan fingerprint density at radius 1 is 1.35 bits per heavy atom. The second-order valence-corrected chi connectivity index (χ2v) is 5.13. The van der Waals surface area contributed by atoms with Gasteiger partial charge < -0.3 is 10.2 Å². The molecule has 1 saturated heterocycles. The van der Waals surface area contributed by atoms with Crippen molar-refractivity contribution in [1.29, 1.82) is 0 Å². The Morgan fingerprint density at radius 2 is 2.00 bits per heavy atom. The molecule has 1 N–H and O–H groups in total. The molecule has 0 aromatic heterocycles. The summed E-state index contributed by atoms with van der Waals surface area (Å²) in [6.07, 6.45) is 5.89. The van der Waals surface area contributed by atoms with Gasteiger partial charge in [-0.1, -0.05) is 43.2 Å². The summed E-state index contributed by atoms with van der Waals surface area (Å²) < 4.78 is 0. The van der Waals surface area contributed by atoms with E-state index in [4.69, 9.17) is 6.42 Å². The number of rotatable bonds is 3. The van der Waals surface area contributed by atoms with Crippen LogP contribution in [0.5, 0.6) is 0 Å². The minimum Gasteiger partial charge on any atom is -0.340 e. The maximum atomic E-state index is 12.6. The number of hydrogen-bond acceptors (Lipinski definition) is 2. The molecule has 1 aromatic rings. The molecule has 0 radical (unpaired) electrons. The van der Waals surface area contributed by atoms with Gasteiger partial charge in [-0.15, -0.1) is 6.42 Å². The summed E-state index contributed by atoms with van der Waals surface area (Å²) in [5.41, 5.74) is -0.106. The molecule has 2 amide bonds. The van der Waals surface area contributed by atoms with E-state index in [1.54, 1.807) is 6.92 Å². The van der Waals surface area contributed by atoms with Crippen molar-refractivity contribution in [3.63, 3.8) is 0 Å². The quantitative estimate of drug-likeness (QED) is 0.846. The van der Waals surface area contributed by atoms with Gasteiger partial charge in [0.25, 0.3) is 0 Å². The highest BCUT2D eigenvalue weighted by Crippen LogP contribution is 2.30. The van der Waals surface area contributed by atoms with Gasteiger partial charge in [0.1, 0.15) is 11.6 Å². The molecule has 4 heteroatoms. The molecule has 2 unspecified atom stereocenters. The SMILES string of the molecule is C#CCN1C(=O)C(C)(CC)NC(=O)C1c1ccccc1. The van der Waals surface area contributed by atoms with E-state index in [1.807, 2.05) is 37.3 Å². The molecule has 1 aliphatic rings. The molecule has 1 heterocycles. The van der Waals surface area contributed by atoms with E-state index in [9.17, 15) is 9.59 Å². The van der Waals surface area contributed by atoms with Crippen molar-refractivity contribution in [2.45, 2.75) is 31.8 Å². The van der Waals surface area contributed by atoms with Crippen LogP contribution in [0.3, 0.4) is 0 Å². The first-order valence-electron chi connectivity index (χ1n) is 6.65. The van der Waals surface area contributed by atoms with E-state index >= 15 is 0 Å². The summed E-state index contributed by atoms with van der Waals surface area (Å²) in [6, 6.07) is 8.56. The number of terminal acetylenes is 1. The van der Waals surface area contributed by atoms with Crippen LogP contribution in [0.4, 0.5) is 0 Å². The molecule has 20 heavy (non-hydrogen) atoms. The van der Waals surface area contributed by atoms with E-state index in [-0.39, 0.29) is 18.4 Å². The number of nitrogens with zero attached hydrogens (tertiary/aromatic N) is 1. The maximum absolute atomic E-state index is 12.6. The Morgan fingerprint density at radius 3 is 2.55 bits per heavy atom. The molecule has 0 saturated carbocycles. The Bertz CT molecular complexity index is 562. The van der Waals surface area contributed by atoms with E-state index in [1.165, 1.54) is 4.90 Å². The normalized spacial score (nSPS) is 26.1. The second kappa shape index (κ2) is 5.38. The van der Waals surface area contributed by atoms with Crippen LogP contribution in [0.15, 0.2) is 30.3 Å². The van der Waals surface area contributed by atoms with Gasteiger partial charge in [0, 0.05) is 0 Å². The lowest BCUT2D eigenvalue weighted by atomic mass is 9.89. The first kappa shape index (κ1) is 14.1. The van der Waals surface area contributed by atoms with Crippen LogP contribution >= 0.6 is 0 Å². The van der Waals surface area contributed by atoms with Crippen molar-refractivity contribution in [3.8, 4) is 12.3 Å². The Labute approximate surface area is 119 Å². The van der Waals surface area contributed by atoms with Crippen molar-refractivity contribution in [2.24, 2.45) is 0 Å². The van der Waals surface area contributed by atoms with Gasteiger partial charge in [-0.25, -0.2) is 0 Å². The third-order valence-electron chi connectivity index (χ3n) is 3.78. The van der Waals surface area contributed by atoms with Gasteiger partial charge in [-0.2, -0.15) is 0 Å². The van der Waals surface area contributed by atoms with Crippen LogP contribution in [0, 0.1) is 12.3 Å². The fourth-order valence-electron chi connectivity index (χ4n) is 2.44. The van der Waals surface area contributed by atoms with Crippen molar-refractivity contribution in [3.05, 3.63) is 35.9 Å². The minimum atomic E-state index is -0.876. The number of hydrogen-bond donors (Lipinski definition) is 1. The van der Waals surface area contributed by atoms with Crippen molar-refractivity contribution in [1.82, 2.24) is 10.2 Å². The van der Waals surface area contributed by atoms with Gasteiger partial charge >= 0.3 is 0 Å². The number of carbonyl (C=O) groups excluding carboxylic acids is 2. The lowest BCUT2D eigenvalue weighted by molar-refractivity contribution is -0.154. The summed E-state index contributed by atoms with van der Waals surface area (Å²) in [4.78, 5) is 26.5. The molecule has 2 rings (SSSR count). The molecule has 104 valence electrons. The molecular weight excluding hydrogens is 252 g/mol. The van der Waals surface area contributed by atoms with Gasteiger partial charge in [-0.05, 0) is 18.9 Å². The minimum absolute atomic E-state index is 0.126. The molecule has 1 aromatic carbocycles. The standard InChI is InChI=1S/C16H18N2O2/c1-4-11-18-13(12-9-7-6-8-10-12)14(19)17-16(3,5-2)15(18)20/h1,6-10,13H,5,11H2,2-3H3,(H,17,19). The smallest absolute Gasteiger partial charge is 0.249 e. The molecule has 0 bridgehead atoms. The van der Waals surface area contributed by atoms with Crippen LogP contribution < -0.4 is 5.32 Å². The average Bonchev–Trinajstić information content (AvgIpc) is 2.46. The van der Waals surface area contributed by atoms with Gasteiger partial charge in [-0.3, -0.25) is 9.59 Å². The zero-order chi connectivity index (χ0) is 14.8. The molecule has 1 aliphatic heterocycles. The van der Waals surface area contributed by atoms with Gasteiger partial charge in [0.15, 0.2) is 0 Å². The monoisotopic (exact) mass is 270 g/mol. The maximum Gasteiger partial charge on any atom is 0.249 e. The van der Waals surface area contributed by atoms with E-state index in [0.717, 1.165) is 5.56 Å². The van der Waals surface area contributed by atoms with Gasteiger partial charge in [0.05, 0.1) is 6.54 Å². The first-order chi connectivity index (χ1) is 9.53. The van der Waals surface area contributed by atoms with Crippen LogP contribution in [0.1, 0.15) is 31.9 Å². The third kappa shape index (κ3) is 2.27. The highest BCUT2D eigenvalue weighted by atomic mass is 16.2. The lowest BCUT2D eigenvalue weighted by Crippen LogP contribution is -2.65. The molecular formula is C16H18N2O2. The number of benzene rings is 1. The Balaban J connectivity index is 2.44. The van der Waals surface area contributed by atoms with Crippen LogP contribution in [-0.2, 0) is 9.59 Å². The van der Waals surface area contributed by atoms with E-state index in [2.05, 4.69) is 11.2 Å². The van der Waals surface area contributed by atoms with Crippen molar-refractivity contribution >= 4 is 11.8 Å². The highest BCUT2D eigenvalue weighted by molar-refractivity contribution is 6.00. The largest absolute Gasteiger partial charge is 0.340 e. The second-order valence-electron chi connectivity index (χ2n) is 5.13. The molecule has 1 fully saturated rings. The first-order valence-corrected chi connectivity index (χ1v) is 6.65. The topological polar surface area (TPSA) is 49.4 Å². The zero-order valence-corrected chi connectivity index (χ0v) is 11.7. The number of piperazine rings is 1. The predicted octanol–water partition coefficient (Wildman–Crippen LogP) is 1.49. The highest BCUT2D eigenvalue weighted by Gasteiger charge is 2.47. The van der Waals surface area contributed by atoms with Crippen LogP contribution in [-0.4, -0.2) is 28.8 Å². The molecule has 0 spiro atoms. The Hall–Kier alpha value is -2.28. The summed E-state index contributed by atoms with van der Waals surface area (Å²) in [5.74, 6) is 2.16. The van der Waals surface area contributed by atoms with Crippen molar-refractivity contribution in [2.75, 3.05) is 6.54 Å². The van der Waals surface area contributed by atoms with E-state index in [0.29, 0.717) is 6.42 Å². The third-order valence-corrected chi connectivity index (χ3v) is 3.78. The zero-order valence-electron chi connectivity index (χ0n) is 11.7. The predicted molar refractivity (Wildman–Crippen MR) is 76.6 cm³/mol. The summed E-state index contributed by atoms with van der Waals surface area (Å²) in [7, 11) is 0. The number of carbonyl (C=O) groups is 2. The average molecular weight is 270 g/mol. The molecule has 0 aliphatic carbocycles. The summed E-state index contributed by atoms with van der Waals surface area (Å²) in [6.45, 7) is 3.73. The summed E-state index contributed by atoms with van der Waals surface area (Å²) in [5, 5.41) is 2.83. The van der Waals surface area contributed by atoms with E-state index < -0.39 is 11.6 Å². The summed E-state index contributed by atoms with van der Waals surface area (Å²) >= 11 is 0. The van der Waals surface area contributed by atoms with Crippen molar-refractivity contribution < 1.29 is 9.59 Å².